The molecule has 1 N–H and O–H groups in total. The molecule has 102 valence electrons. The number of halogens is 1. The third kappa shape index (κ3) is 2.29. The van der Waals surface area contributed by atoms with Gasteiger partial charge in [-0.25, -0.2) is 9.49 Å². The van der Waals surface area contributed by atoms with Crippen molar-refractivity contribution in [3.63, 3.8) is 0 Å². The largest absolute Gasteiger partial charge is 0.272 e. The van der Waals surface area contributed by atoms with Gasteiger partial charge in [-0.15, -0.1) is 0 Å². The Morgan fingerprint density at radius 1 is 1.35 bits per heavy atom. The Kier molecular flexibility index (Phi) is 3.22. The van der Waals surface area contributed by atoms with Gasteiger partial charge in [0.2, 0.25) is 0 Å². The van der Waals surface area contributed by atoms with Crippen LogP contribution in [0, 0.1) is 0 Å². The summed E-state index contributed by atoms with van der Waals surface area (Å²) in [4.78, 5) is 11.7. The minimum atomic E-state index is -0.876. The van der Waals surface area contributed by atoms with Crippen molar-refractivity contribution in [1.29, 1.82) is 0 Å². The van der Waals surface area contributed by atoms with E-state index in [-0.39, 0.29) is 5.56 Å². The number of H-pyrrole nitrogens is 1. The number of nitrogens with zero attached hydrogens (tertiary/aromatic N) is 1. The highest BCUT2D eigenvalue weighted by Crippen LogP contribution is 2.24. The van der Waals surface area contributed by atoms with Crippen LogP contribution in [0.3, 0.4) is 0 Å². The summed E-state index contributed by atoms with van der Waals surface area (Å²) in [6, 6.07) is 7.40. The van der Waals surface area contributed by atoms with Crippen LogP contribution < -0.4 is 5.56 Å². The third-order valence-corrected chi connectivity index (χ3v) is 3.64. The van der Waals surface area contributed by atoms with E-state index < -0.39 is 6.17 Å². The Morgan fingerprint density at radius 3 is 2.85 bits per heavy atom. The molecule has 0 fully saturated rings. The van der Waals surface area contributed by atoms with E-state index in [1.54, 1.807) is 13.0 Å². The van der Waals surface area contributed by atoms with Crippen LogP contribution >= 0.6 is 0 Å². The SMILES string of the molecule is CC1=CC(Cc2n[nH]c(=O)c3ccccc23)=CCC1F. The zero-order valence-electron chi connectivity index (χ0n) is 11.2. The zero-order valence-corrected chi connectivity index (χ0v) is 11.2. The summed E-state index contributed by atoms with van der Waals surface area (Å²) in [5, 5.41) is 8.16. The van der Waals surface area contributed by atoms with E-state index >= 15 is 0 Å². The number of aromatic nitrogens is 2. The van der Waals surface area contributed by atoms with E-state index in [0.29, 0.717) is 18.2 Å². The molecule has 0 amide bonds. The van der Waals surface area contributed by atoms with Crippen molar-refractivity contribution >= 4 is 10.8 Å². The van der Waals surface area contributed by atoms with E-state index in [1.165, 1.54) is 0 Å². The highest BCUT2D eigenvalue weighted by atomic mass is 19.1. The number of rotatable bonds is 2. The molecule has 1 aliphatic rings. The molecule has 0 saturated carbocycles. The summed E-state index contributed by atoms with van der Waals surface area (Å²) in [5.74, 6) is 0. The maximum Gasteiger partial charge on any atom is 0.272 e. The van der Waals surface area contributed by atoms with Crippen LogP contribution in [0.1, 0.15) is 19.0 Å². The molecule has 1 atom stereocenters. The average molecular weight is 270 g/mol. The van der Waals surface area contributed by atoms with E-state index in [9.17, 15) is 9.18 Å². The van der Waals surface area contributed by atoms with Crippen molar-refractivity contribution in [2.45, 2.75) is 25.9 Å². The maximum atomic E-state index is 13.4. The lowest BCUT2D eigenvalue weighted by Gasteiger charge is -2.15. The summed E-state index contributed by atoms with van der Waals surface area (Å²) in [6.07, 6.45) is 3.91. The molecule has 0 bridgehead atoms. The average Bonchev–Trinajstić information content (AvgIpc) is 2.46. The lowest BCUT2D eigenvalue weighted by atomic mass is 9.95. The molecule has 3 rings (SSSR count). The minimum Gasteiger partial charge on any atom is -0.267 e. The Balaban J connectivity index is 2.01. The summed E-state index contributed by atoms with van der Waals surface area (Å²) in [5.41, 5.74) is 2.42. The van der Waals surface area contributed by atoms with Crippen molar-refractivity contribution < 1.29 is 4.39 Å². The monoisotopic (exact) mass is 270 g/mol. The quantitative estimate of drug-likeness (QED) is 0.911. The van der Waals surface area contributed by atoms with Crippen LogP contribution in [0.2, 0.25) is 0 Å². The molecular weight excluding hydrogens is 255 g/mol. The second kappa shape index (κ2) is 5.04. The van der Waals surface area contributed by atoms with E-state index in [0.717, 1.165) is 22.2 Å². The number of allylic oxidation sites excluding steroid dienone is 4. The predicted octanol–water partition coefficient (Wildman–Crippen LogP) is 3.08. The number of nitrogens with one attached hydrogen (secondary N) is 1. The molecule has 4 heteroatoms. The molecule has 1 aliphatic carbocycles. The number of hydrogen-bond acceptors (Lipinski definition) is 2. The van der Waals surface area contributed by atoms with Crippen LogP contribution in [-0.2, 0) is 6.42 Å². The molecule has 0 saturated heterocycles. The summed E-state index contributed by atoms with van der Waals surface area (Å²) >= 11 is 0. The first-order valence-electron chi connectivity index (χ1n) is 6.63. The van der Waals surface area contributed by atoms with Gasteiger partial charge < -0.3 is 0 Å². The summed E-state index contributed by atoms with van der Waals surface area (Å²) in [6.45, 7) is 1.80. The number of benzene rings is 1. The summed E-state index contributed by atoms with van der Waals surface area (Å²) in [7, 11) is 0. The first kappa shape index (κ1) is 12.8. The second-order valence-electron chi connectivity index (χ2n) is 5.09. The van der Waals surface area contributed by atoms with Crippen LogP contribution in [-0.4, -0.2) is 16.4 Å². The first-order chi connectivity index (χ1) is 9.65. The molecule has 0 spiro atoms. The lowest BCUT2D eigenvalue weighted by Crippen LogP contribution is -2.12. The molecule has 20 heavy (non-hydrogen) atoms. The standard InChI is InChI=1S/C16H15FN2O/c1-10-8-11(6-7-14(10)17)9-15-12-4-2-3-5-13(12)16(20)19-18-15/h2-6,8,14H,7,9H2,1H3,(H,19,20). The highest BCUT2D eigenvalue weighted by Gasteiger charge is 2.14. The van der Waals surface area contributed by atoms with Crippen molar-refractivity contribution in [1.82, 2.24) is 10.2 Å². The van der Waals surface area contributed by atoms with Crippen LogP contribution in [0.25, 0.3) is 10.8 Å². The zero-order chi connectivity index (χ0) is 14.1. The molecule has 0 radical (unpaired) electrons. The maximum absolute atomic E-state index is 13.4. The lowest BCUT2D eigenvalue weighted by molar-refractivity contribution is 0.381. The Hall–Kier alpha value is -2.23. The van der Waals surface area contributed by atoms with Crippen LogP contribution in [0.15, 0.2) is 52.4 Å². The molecule has 1 heterocycles. The normalized spacial score (nSPS) is 18.8. The molecular formula is C16H15FN2O. The Labute approximate surface area is 115 Å². The number of hydrogen-bond donors (Lipinski definition) is 1. The Bertz CT molecular complexity index is 773. The Morgan fingerprint density at radius 2 is 2.10 bits per heavy atom. The fourth-order valence-corrected chi connectivity index (χ4v) is 2.51. The van der Waals surface area contributed by atoms with Gasteiger partial charge in [0.05, 0.1) is 11.1 Å². The van der Waals surface area contributed by atoms with Crippen molar-refractivity contribution in [2.75, 3.05) is 0 Å². The second-order valence-corrected chi connectivity index (χ2v) is 5.09. The van der Waals surface area contributed by atoms with Gasteiger partial charge in [-0.3, -0.25) is 4.79 Å². The molecule has 1 aromatic heterocycles. The smallest absolute Gasteiger partial charge is 0.267 e. The minimum absolute atomic E-state index is 0.183. The molecule has 3 nitrogen and oxygen atoms in total. The van der Waals surface area contributed by atoms with E-state index in [1.807, 2.05) is 30.4 Å². The molecule has 0 aliphatic heterocycles. The topological polar surface area (TPSA) is 45.8 Å². The molecule has 1 unspecified atom stereocenters. The third-order valence-electron chi connectivity index (χ3n) is 3.64. The molecule has 1 aromatic carbocycles. The predicted molar refractivity (Wildman–Crippen MR) is 77.4 cm³/mol. The highest BCUT2D eigenvalue weighted by molar-refractivity contribution is 5.83. The molecule has 2 aromatic rings. The van der Waals surface area contributed by atoms with E-state index in [4.69, 9.17) is 0 Å². The van der Waals surface area contributed by atoms with Gasteiger partial charge in [-0.1, -0.05) is 30.4 Å². The van der Waals surface area contributed by atoms with Gasteiger partial charge in [0, 0.05) is 18.2 Å². The number of aromatic amines is 1. The van der Waals surface area contributed by atoms with Crippen molar-refractivity contribution in [3.8, 4) is 0 Å². The first-order valence-corrected chi connectivity index (χ1v) is 6.63. The summed E-state index contributed by atoms with van der Waals surface area (Å²) < 4.78 is 13.4. The van der Waals surface area contributed by atoms with Gasteiger partial charge in [-0.2, -0.15) is 5.10 Å². The van der Waals surface area contributed by atoms with Gasteiger partial charge in [-0.05, 0) is 24.1 Å². The van der Waals surface area contributed by atoms with E-state index in [2.05, 4.69) is 10.2 Å². The van der Waals surface area contributed by atoms with Crippen LogP contribution in [0.4, 0.5) is 4.39 Å². The van der Waals surface area contributed by atoms with Gasteiger partial charge in [0.15, 0.2) is 0 Å². The number of alkyl halides is 1. The van der Waals surface area contributed by atoms with Crippen LogP contribution in [0.5, 0.6) is 0 Å². The fourth-order valence-electron chi connectivity index (χ4n) is 2.51. The van der Waals surface area contributed by atoms with Gasteiger partial charge in [0.25, 0.3) is 5.56 Å². The number of fused-ring (bicyclic) bond motifs is 1. The fraction of sp³-hybridized carbons (Fsp3) is 0.250. The van der Waals surface area contributed by atoms with Crippen molar-refractivity contribution in [3.05, 3.63) is 63.6 Å². The van der Waals surface area contributed by atoms with Crippen molar-refractivity contribution in [2.24, 2.45) is 0 Å². The van der Waals surface area contributed by atoms with Gasteiger partial charge >= 0.3 is 0 Å². The van der Waals surface area contributed by atoms with Gasteiger partial charge in [0.1, 0.15) is 6.17 Å².